The fourth-order valence-corrected chi connectivity index (χ4v) is 8.12. The molecule has 1 fully saturated rings. The van der Waals surface area contributed by atoms with E-state index in [0.29, 0.717) is 29.3 Å². The van der Waals surface area contributed by atoms with Crippen LogP contribution >= 0.6 is 11.3 Å². The summed E-state index contributed by atoms with van der Waals surface area (Å²) in [6, 6.07) is 18.0. The van der Waals surface area contributed by atoms with Crippen LogP contribution in [0, 0.1) is 0 Å². The van der Waals surface area contributed by atoms with Crippen molar-refractivity contribution < 1.29 is 21.6 Å². The van der Waals surface area contributed by atoms with E-state index in [4.69, 9.17) is 0 Å². The molecule has 3 aromatic rings. The van der Waals surface area contributed by atoms with Gasteiger partial charge in [-0.2, -0.15) is 4.31 Å². The van der Waals surface area contributed by atoms with E-state index in [9.17, 15) is 21.6 Å². The molecule has 1 aliphatic rings. The summed E-state index contributed by atoms with van der Waals surface area (Å²) in [5.41, 5.74) is 0.866. The number of nitrogens with one attached hydrogen (secondary N) is 1. The summed E-state index contributed by atoms with van der Waals surface area (Å²) in [4.78, 5) is 13.3. The molecule has 0 saturated carbocycles. The maximum atomic E-state index is 13.0. The van der Waals surface area contributed by atoms with E-state index in [1.807, 2.05) is 0 Å². The number of amides is 1. The second-order valence-corrected chi connectivity index (χ2v) is 13.5. The molecular formula is C24H27N3O5S3. The van der Waals surface area contributed by atoms with Gasteiger partial charge in [0.2, 0.25) is 5.91 Å². The molecule has 4 rings (SSSR count). The summed E-state index contributed by atoms with van der Waals surface area (Å²) in [5.74, 6) is -0.361. The van der Waals surface area contributed by atoms with Gasteiger partial charge in [-0.05, 0) is 55.3 Å². The number of hydrogen-bond acceptors (Lipinski definition) is 6. The Kier molecular flexibility index (Phi) is 7.60. The van der Waals surface area contributed by atoms with Crippen molar-refractivity contribution in [3.8, 4) is 0 Å². The standard InChI is InChI=1S/C24H27N3O5S3/c1-26(20-10-4-2-5-11-20)34(29,30)22-12-8-9-19(17-22)25-23(28)18-21-13-14-24(33-21)35(31,32)27-15-6-3-7-16-27/h2,4-5,8-14,17H,3,6-7,15-16,18H2,1H3,(H,25,28). The van der Waals surface area contributed by atoms with Gasteiger partial charge in [0.1, 0.15) is 4.21 Å². The molecule has 8 nitrogen and oxygen atoms in total. The van der Waals surface area contributed by atoms with Crippen molar-refractivity contribution >= 4 is 48.7 Å². The first-order chi connectivity index (χ1) is 16.7. The maximum Gasteiger partial charge on any atom is 0.264 e. The Balaban J connectivity index is 1.44. The average Bonchev–Trinajstić information content (AvgIpc) is 3.34. The molecule has 0 bridgehead atoms. The van der Waals surface area contributed by atoms with Gasteiger partial charge in [0.15, 0.2) is 0 Å². The number of hydrogen-bond donors (Lipinski definition) is 1. The van der Waals surface area contributed by atoms with Crippen LogP contribution in [0.1, 0.15) is 24.1 Å². The van der Waals surface area contributed by atoms with Crippen molar-refractivity contribution in [3.05, 3.63) is 71.6 Å². The lowest BCUT2D eigenvalue weighted by atomic mass is 10.2. The Bertz CT molecular complexity index is 1400. The first-order valence-electron chi connectivity index (χ1n) is 11.2. The van der Waals surface area contributed by atoms with Crippen LogP contribution in [0.2, 0.25) is 0 Å². The Morgan fingerprint density at radius 1 is 0.943 bits per heavy atom. The molecule has 1 aromatic heterocycles. The van der Waals surface area contributed by atoms with Crippen LogP contribution in [0.25, 0.3) is 0 Å². The SMILES string of the molecule is CN(c1ccccc1)S(=O)(=O)c1cccc(NC(=O)Cc2ccc(S(=O)(=O)N3CCCCC3)s2)c1. The van der Waals surface area contributed by atoms with Crippen LogP contribution in [-0.2, 0) is 31.3 Å². The zero-order chi connectivity index (χ0) is 25.1. The summed E-state index contributed by atoms with van der Waals surface area (Å²) in [6.07, 6.45) is 2.74. The van der Waals surface area contributed by atoms with E-state index >= 15 is 0 Å². The van der Waals surface area contributed by atoms with Gasteiger partial charge in [0, 0.05) is 30.7 Å². The van der Waals surface area contributed by atoms with E-state index in [-0.39, 0.29) is 21.4 Å². The van der Waals surface area contributed by atoms with Gasteiger partial charge in [-0.15, -0.1) is 11.3 Å². The van der Waals surface area contributed by atoms with Crippen LogP contribution in [0.3, 0.4) is 0 Å². The number of carbonyl (C=O) groups is 1. The molecule has 0 atom stereocenters. The fourth-order valence-electron chi connectivity index (χ4n) is 3.86. The number of para-hydroxylation sites is 1. The van der Waals surface area contributed by atoms with Gasteiger partial charge >= 0.3 is 0 Å². The minimum Gasteiger partial charge on any atom is -0.326 e. The smallest absolute Gasteiger partial charge is 0.264 e. The monoisotopic (exact) mass is 533 g/mol. The van der Waals surface area contributed by atoms with Crippen LogP contribution in [0.4, 0.5) is 11.4 Å². The topological polar surface area (TPSA) is 104 Å². The predicted molar refractivity (Wildman–Crippen MR) is 138 cm³/mol. The van der Waals surface area contributed by atoms with Gasteiger partial charge in [-0.3, -0.25) is 9.10 Å². The third-order valence-electron chi connectivity index (χ3n) is 5.78. The van der Waals surface area contributed by atoms with E-state index in [1.165, 1.54) is 27.8 Å². The van der Waals surface area contributed by atoms with E-state index < -0.39 is 20.0 Å². The summed E-state index contributed by atoms with van der Waals surface area (Å²) < 4.78 is 54.7. The highest BCUT2D eigenvalue weighted by molar-refractivity contribution is 7.92. The van der Waals surface area contributed by atoms with Crippen molar-refractivity contribution in [2.24, 2.45) is 0 Å². The second kappa shape index (κ2) is 10.5. The largest absolute Gasteiger partial charge is 0.326 e. The minimum atomic E-state index is -3.82. The molecule has 0 unspecified atom stereocenters. The molecule has 35 heavy (non-hydrogen) atoms. The van der Waals surface area contributed by atoms with Crippen molar-refractivity contribution in [2.45, 2.75) is 34.8 Å². The molecule has 1 saturated heterocycles. The molecule has 1 aliphatic heterocycles. The lowest BCUT2D eigenvalue weighted by Crippen LogP contribution is -2.35. The molecular weight excluding hydrogens is 506 g/mol. The first kappa shape index (κ1) is 25.4. The van der Waals surface area contributed by atoms with Crippen LogP contribution in [0.15, 0.2) is 75.8 Å². The predicted octanol–water partition coefficient (Wildman–Crippen LogP) is 3.93. The molecule has 186 valence electrons. The number of nitrogens with zero attached hydrogens (tertiary/aromatic N) is 2. The van der Waals surface area contributed by atoms with Gasteiger partial charge in [0.25, 0.3) is 20.0 Å². The quantitative estimate of drug-likeness (QED) is 0.473. The highest BCUT2D eigenvalue weighted by Gasteiger charge is 2.27. The van der Waals surface area contributed by atoms with E-state index in [0.717, 1.165) is 30.6 Å². The molecule has 11 heteroatoms. The molecule has 2 aromatic carbocycles. The first-order valence-corrected chi connectivity index (χ1v) is 14.9. The lowest BCUT2D eigenvalue weighted by Gasteiger charge is -2.25. The number of piperidine rings is 1. The molecule has 0 aliphatic carbocycles. The summed E-state index contributed by atoms with van der Waals surface area (Å²) in [5, 5.41) is 2.72. The zero-order valence-electron chi connectivity index (χ0n) is 19.3. The summed E-state index contributed by atoms with van der Waals surface area (Å²) in [6.45, 7) is 1.05. The number of carbonyl (C=O) groups excluding carboxylic acids is 1. The van der Waals surface area contributed by atoms with E-state index in [2.05, 4.69) is 5.32 Å². The third-order valence-corrected chi connectivity index (χ3v) is 11.0. The molecule has 1 N–H and O–H groups in total. The van der Waals surface area contributed by atoms with Crippen LogP contribution in [0.5, 0.6) is 0 Å². The minimum absolute atomic E-state index is 0.0128. The van der Waals surface area contributed by atoms with Crippen molar-refractivity contribution in [2.75, 3.05) is 29.8 Å². The van der Waals surface area contributed by atoms with Crippen LogP contribution in [-0.4, -0.2) is 47.2 Å². The normalized spacial score (nSPS) is 15.0. The highest BCUT2D eigenvalue weighted by Crippen LogP contribution is 2.28. The van der Waals surface area contributed by atoms with Gasteiger partial charge in [0.05, 0.1) is 17.0 Å². The zero-order valence-corrected chi connectivity index (χ0v) is 21.7. The van der Waals surface area contributed by atoms with Crippen molar-refractivity contribution in [3.63, 3.8) is 0 Å². The molecule has 2 heterocycles. The average molecular weight is 534 g/mol. The molecule has 1 amide bonds. The third kappa shape index (κ3) is 5.75. The number of anilines is 2. The maximum absolute atomic E-state index is 13.0. The van der Waals surface area contributed by atoms with Gasteiger partial charge in [-0.25, -0.2) is 16.8 Å². The molecule has 0 radical (unpaired) electrons. The Morgan fingerprint density at radius 3 is 2.37 bits per heavy atom. The Labute approximate surface area is 210 Å². The van der Waals surface area contributed by atoms with Crippen molar-refractivity contribution in [1.29, 1.82) is 0 Å². The number of benzene rings is 2. The molecule has 0 spiro atoms. The van der Waals surface area contributed by atoms with E-state index in [1.54, 1.807) is 54.6 Å². The second-order valence-electron chi connectivity index (χ2n) is 8.25. The summed E-state index contributed by atoms with van der Waals surface area (Å²) in [7, 11) is -5.89. The summed E-state index contributed by atoms with van der Waals surface area (Å²) >= 11 is 1.09. The number of thiophene rings is 1. The number of rotatable bonds is 8. The van der Waals surface area contributed by atoms with Crippen LogP contribution < -0.4 is 9.62 Å². The number of sulfonamides is 2. The van der Waals surface area contributed by atoms with Crippen molar-refractivity contribution in [1.82, 2.24) is 4.31 Å². The van der Waals surface area contributed by atoms with Gasteiger partial charge in [-0.1, -0.05) is 30.7 Å². The highest BCUT2D eigenvalue weighted by atomic mass is 32.2. The fraction of sp³-hybridized carbons (Fsp3) is 0.292. The lowest BCUT2D eigenvalue weighted by molar-refractivity contribution is -0.115. The van der Waals surface area contributed by atoms with Gasteiger partial charge < -0.3 is 5.32 Å². The Morgan fingerprint density at radius 2 is 1.66 bits per heavy atom. The Hall–Kier alpha value is -2.73.